The molecule has 1 aromatic carbocycles. The molecule has 2 amide bonds. The molecule has 6 heteroatoms. The number of amides is 2. The SMILES string of the molecule is COc1cc(CNC(=O)N2CCC[C@@H]2C(C)C)cc(OC)c1OC. The largest absolute Gasteiger partial charge is 0.493 e. The second-order valence-electron chi connectivity index (χ2n) is 6.34. The molecule has 0 radical (unpaired) electrons. The highest BCUT2D eigenvalue weighted by Crippen LogP contribution is 2.38. The van der Waals surface area contributed by atoms with Gasteiger partial charge in [0, 0.05) is 19.1 Å². The molecule has 1 atom stereocenters. The van der Waals surface area contributed by atoms with Crippen LogP contribution in [0.1, 0.15) is 32.3 Å². The minimum absolute atomic E-state index is 0.0139. The van der Waals surface area contributed by atoms with E-state index in [0.29, 0.717) is 35.8 Å². The molecule has 0 bridgehead atoms. The summed E-state index contributed by atoms with van der Waals surface area (Å²) in [6, 6.07) is 4.02. The lowest BCUT2D eigenvalue weighted by atomic mass is 10.0. The molecule has 1 N–H and O–H groups in total. The third-order valence-corrected chi connectivity index (χ3v) is 4.50. The molecule has 2 rings (SSSR count). The molecule has 1 heterocycles. The van der Waals surface area contributed by atoms with E-state index in [1.165, 1.54) is 0 Å². The zero-order chi connectivity index (χ0) is 17.7. The molecular formula is C18H28N2O4. The molecule has 0 aromatic heterocycles. The van der Waals surface area contributed by atoms with Crippen molar-refractivity contribution in [1.82, 2.24) is 10.2 Å². The topological polar surface area (TPSA) is 60.0 Å². The molecular weight excluding hydrogens is 308 g/mol. The van der Waals surface area contributed by atoms with Crippen LogP contribution in [0.15, 0.2) is 12.1 Å². The number of likely N-dealkylation sites (tertiary alicyclic amines) is 1. The third kappa shape index (κ3) is 3.86. The standard InChI is InChI=1S/C18H28N2O4/c1-12(2)14-7-6-8-20(14)18(21)19-11-13-9-15(22-3)17(24-5)16(10-13)23-4/h9-10,12,14H,6-8,11H2,1-5H3,(H,19,21)/t14-/m1/s1. The highest BCUT2D eigenvalue weighted by Gasteiger charge is 2.30. The van der Waals surface area contributed by atoms with Gasteiger partial charge < -0.3 is 24.4 Å². The lowest BCUT2D eigenvalue weighted by Gasteiger charge is -2.28. The van der Waals surface area contributed by atoms with E-state index >= 15 is 0 Å². The number of carbonyl (C=O) groups excluding carboxylic acids is 1. The molecule has 1 fully saturated rings. The first-order valence-electron chi connectivity index (χ1n) is 8.35. The van der Waals surface area contributed by atoms with Crippen molar-refractivity contribution >= 4 is 6.03 Å². The fraction of sp³-hybridized carbons (Fsp3) is 0.611. The van der Waals surface area contributed by atoms with Crippen LogP contribution in [-0.2, 0) is 6.54 Å². The Kier molecular flexibility index (Phi) is 6.17. The van der Waals surface area contributed by atoms with Gasteiger partial charge >= 0.3 is 6.03 Å². The normalized spacial score (nSPS) is 17.1. The van der Waals surface area contributed by atoms with Crippen LogP contribution in [0.4, 0.5) is 4.79 Å². The molecule has 1 saturated heterocycles. The zero-order valence-electron chi connectivity index (χ0n) is 15.2. The van der Waals surface area contributed by atoms with Crippen molar-refractivity contribution in [2.75, 3.05) is 27.9 Å². The first-order valence-corrected chi connectivity index (χ1v) is 8.35. The van der Waals surface area contributed by atoms with Crippen molar-refractivity contribution in [2.45, 2.75) is 39.3 Å². The molecule has 1 aliphatic heterocycles. The first kappa shape index (κ1) is 18.2. The van der Waals surface area contributed by atoms with Gasteiger partial charge in [-0.3, -0.25) is 0 Å². The molecule has 0 aliphatic carbocycles. The van der Waals surface area contributed by atoms with Gasteiger partial charge in [0.1, 0.15) is 0 Å². The lowest BCUT2D eigenvalue weighted by Crippen LogP contribution is -2.44. The highest BCUT2D eigenvalue weighted by molar-refractivity contribution is 5.75. The van der Waals surface area contributed by atoms with E-state index in [0.717, 1.165) is 24.9 Å². The summed E-state index contributed by atoms with van der Waals surface area (Å²) in [5, 5.41) is 3.00. The molecule has 24 heavy (non-hydrogen) atoms. The van der Waals surface area contributed by atoms with Crippen molar-refractivity contribution in [3.63, 3.8) is 0 Å². The number of carbonyl (C=O) groups is 1. The molecule has 0 unspecified atom stereocenters. The number of benzene rings is 1. The van der Waals surface area contributed by atoms with Gasteiger partial charge in [0.2, 0.25) is 5.75 Å². The minimum atomic E-state index is -0.0139. The summed E-state index contributed by atoms with van der Waals surface area (Å²) in [4.78, 5) is 14.4. The maximum absolute atomic E-state index is 12.5. The summed E-state index contributed by atoms with van der Waals surface area (Å²) in [6.07, 6.45) is 2.15. The van der Waals surface area contributed by atoms with E-state index in [9.17, 15) is 4.79 Å². The van der Waals surface area contributed by atoms with Crippen molar-refractivity contribution in [3.05, 3.63) is 17.7 Å². The van der Waals surface area contributed by atoms with E-state index in [1.54, 1.807) is 21.3 Å². The van der Waals surface area contributed by atoms with Crippen LogP contribution in [0, 0.1) is 5.92 Å². The van der Waals surface area contributed by atoms with Gasteiger partial charge in [-0.15, -0.1) is 0 Å². The number of nitrogens with zero attached hydrogens (tertiary/aromatic N) is 1. The Hall–Kier alpha value is -2.11. The van der Waals surface area contributed by atoms with Crippen LogP contribution in [-0.4, -0.2) is 44.8 Å². The van der Waals surface area contributed by atoms with Crippen LogP contribution in [0.5, 0.6) is 17.2 Å². The van der Waals surface area contributed by atoms with Crippen LogP contribution in [0.2, 0.25) is 0 Å². The van der Waals surface area contributed by atoms with E-state index in [4.69, 9.17) is 14.2 Å². The molecule has 134 valence electrons. The van der Waals surface area contributed by atoms with Crippen LogP contribution >= 0.6 is 0 Å². The summed E-state index contributed by atoms with van der Waals surface area (Å²) in [5.41, 5.74) is 0.901. The predicted octanol–water partition coefficient (Wildman–Crippen LogP) is 3.04. The second kappa shape index (κ2) is 8.13. The van der Waals surface area contributed by atoms with Gasteiger partial charge in [0.15, 0.2) is 11.5 Å². The lowest BCUT2D eigenvalue weighted by molar-refractivity contribution is 0.178. The van der Waals surface area contributed by atoms with Crippen molar-refractivity contribution < 1.29 is 19.0 Å². The fourth-order valence-corrected chi connectivity index (χ4v) is 3.25. The summed E-state index contributed by atoms with van der Waals surface area (Å²) < 4.78 is 16.0. The monoisotopic (exact) mass is 336 g/mol. The minimum Gasteiger partial charge on any atom is -0.493 e. The summed E-state index contributed by atoms with van der Waals surface area (Å²) >= 11 is 0. The maximum Gasteiger partial charge on any atom is 0.317 e. The Labute approximate surface area is 144 Å². The number of rotatable bonds is 6. The Morgan fingerprint density at radius 1 is 1.21 bits per heavy atom. The van der Waals surface area contributed by atoms with Gasteiger partial charge in [-0.2, -0.15) is 0 Å². The molecule has 0 spiro atoms. The van der Waals surface area contributed by atoms with Gasteiger partial charge in [-0.25, -0.2) is 4.79 Å². The van der Waals surface area contributed by atoms with E-state index in [2.05, 4.69) is 19.2 Å². The quantitative estimate of drug-likeness (QED) is 0.867. The Morgan fingerprint density at radius 3 is 2.33 bits per heavy atom. The van der Waals surface area contributed by atoms with Crippen LogP contribution < -0.4 is 19.5 Å². The second-order valence-corrected chi connectivity index (χ2v) is 6.34. The predicted molar refractivity (Wildman–Crippen MR) is 92.9 cm³/mol. The number of nitrogens with one attached hydrogen (secondary N) is 1. The Balaban J connectivity index is 2.07. The molecule has 1 aromatic rings. The number of hydrogen-bond acceptors (Lipinski definition) is 4. The van der Waals surface area contributed by atoms with Crippen molar-refractivity contribution in [1.29, 1.82) is 0 Å². The van der Waals surface area contributed by atoms with Gasteiger partial charge in [0.25, 0.3) is 0 Å². The zero-order valence-corrected chi connectivity index (χ0v) is 15.2. The van der Waals surface area contributed by atoms with E-state index < -0.39 is 0 Å². The van der Waals surface area contributed by atoms with Gasteiger partial charge in [-0.1, -0.05) is 13.8 Å². The molecule has 1 aliphatic rings. The maximum atomic E-state index is 12.5. The number of hydrogen-bond donors (Lipinski definition) is 1. The van der Waals surface area contributed by atoms with Crippen molar-refractivity contribution in [3.8, 4) is 17.2 Å². The van der Waals surface area contributed by atoms with Gasteiger partial charge in [-0.05, 0) is 36.5 Å². The number of ether oxygens (including phenoxy) is 3. The molecule has 6 nitrogen and oxygen atoms in total. The van der Waals surface area contributed by atoms with Crippen LogP contribution in [0.3, 0.4) is 0 Å². The Morgan fingerprint density at radius 2 is 1.83 bits per heavy atom. The fourth-order valence-electron chi connectivity index (χ4n) is 3.25. The number of urea groups is 1. The van der Waals surface area contributed by atoms with E-state index in [1.807, 2.05) is 17.0 Å². The summed E-state index contributed by atoms with van der Waals surface area (Å²) in [6.45, 7) is 5.56. The Bertz CT molecular complexity index is 549. The number of methoxy groups -OCH3 is 3. The highest BCUT2D eigenvalue weighted by atomic mass is 16.5. The van der Waals surface area contributed by atoms with Gasteiger partial charge in [0.05, 0.1) is 21.3 Å². The first-order chi connectivity index (χ1) is 11.5. The average Bonchev–Trinajstić information content (AvgIpc) is 3.08. The van der Waals surface area contributed by atoms with E-state index in [-0.39, 0.29) is 6.03 Å². The summed E-state index contributed by atoms with van der Waals surface area (Å²) in [7, 11) is 4.73. The smallest absolute Gasteiger partial charge is 0.317 e. The summed E-state index contributed by atoms with van der Waals surface area (Å²) in [5.74, 6) is 2.19. The average molecular weight is 336 g/mol. The van der Waals surface area contributed by atoms with Crippen LogP contribution in [0.25, 0.3) is 0 Å². The third-order valence-electron chi connectivity index (χ3n) is 4.50. The molecule has 0 saturated carbocycles. The van der Waals surface area contributed by atoms with Crippen molar-refractivity contribution in [2.24, 2.45) is 5.92 Å².